The summed E-state index contributed by atoms with van der Waals surface area (Å²) in [5.41, 5.74) is 0.429. The van der Waals surface area contributed by atoms with Crippen molar-refractivity contribution in [1.82, 2.24) is 5.32 Å². The van der Waals surface area contributed by atoms with Crippen molar-refractivity contribution in [2.75, 3.05) is 14.2 Å². The normalized spacial score (nSPS) is 11.1. The molecule has 0 saturated heterocycles. The number of hydrogen-bond acceptors (Lipinski definition) is 4. The molecule has 0 bridgehead atoms. The summed E-state index contributed by atoms with van der Waals surface area (Å²) in [6.07, 6.45) is 0. The lowest BCUT2D eigenvalue weighted by molar-refractivity contribution is -0.125. The zero-order valence-electron chi connectivity index (χ0n) is 13.3. The molecule has 1 amide bonds. The Hall–Kier alpha value is -2.01. The van der Waals surface area contributed by atoms with E-state index >= 15 is 0 Å². The molecule has 0 radical (unpaired) electrons. The van der Waals surface area contributed by atoms with Crippen molar-refractivity contribution in [3.8, 4) is 11.5 Å². The van der Waals surface area contributed by atoms with E-state index in [1.807, 2.05) is 49.6 Å². The van der Waals surface area contributed by atoms with Crippen LogP contribution in [0.4, 0.5) is 0 Å². The number of carbonyl (C=O) groups is 1. The summed E-state index contributed by atoms with van der Waals surface area (Å²) in [4.78, 5) is 13.5. The van der Waals surface area contributed by atoms with Crippen LogP contribution >= 0.6 is 11.3 Å². The number of hydrogen-bond donors (Lipinski definition) is 1. The van der Waals surface area contributed by atoms with Crippen LogP contribution in [-0.4, -0.2) is 20.1 Å². The van der Waals surface area contributed by atoms with Crippen LogP contribution in [0, 0.1) is 0 Å². The van der Waals surface area contributed by atoms with E-state index in [-0.39, 0.29) is 5.91 Å². The molecule has 4 nitrogen and oxygen atoms in total. The summed E-state index contributed by atoms with van der Waals surface area (Å²) >= 11 is 1.59. The summed E-state index contributed by atoms with van der Waals surface area (Å²) in [5.74, 6) is 1.34. The van der Waals surface area contributed by atoms with Crippen molar-refractivity contribution in [3.63, 3.8) is 0 Å². The maximum atomic E-state index is 12.5. The van der Waals surface area contributed by atoms with E-state index in [1.54, 1.807) is 25.6 Å². The second-order valence-electron chi connectivity index (χ2n) is 5.47. The van der Waals surface area contributed by atoms with Gasteiger partial charge >= 0.3 is 0 Å². The third-order valence-corrected chi connectivity index (χ3v) is 4.80. The Bertz CT molecular complexity index is 635. The van der Waals surface area contributed by atoms with Gasteiger partial charge in [-0.2, -0.15) is 0 Å². The van der Waals surface area contributed by atoms with Crippen molar-refractivity contribution in [3.05, 3.63) is 46.2 Å². The topological polar surface area (TPSA) is 47.6 Å². The lowest BCUT2D eigenvalue weighted by Gasteiger charge is -2.22. The SMILES string of the molecule is COc1ccc(CNC(=O)C(C)(C)c2cccs2)cc1OC. The van der Waals surface area contributed by atoms with Crippen LogP contribution in [0.3, 0.4) is 0 Å². The van der Waals surface area contributed by atoms with Gasteiger partial charge in [0.1, 0.15) is 0 Å². The van der Waals surface area contributed by atoms with E-state index < -0.39 is 5.41 Å². The first kappa shape index (κ1) is 16.4. The number of amides is 1. The number of ether oxygens (including phenoxy) is 2. The molecule has 0 aliphatic carbocycles. The Morgan fingerprint density at radius 1 is 1.18 bits per heavy atom. The molecule has 0 aliphatic heterocycles. The molecule has 0 atom stereocenters. The molecular formula is C17H21NO3S. The Balaban J connectivity index is 2.05. The molecule has 0 aliphatic rings. The van der Waals surface area contributed by atoms with Crippen LogP contribution in [-0.2, 0) is 16.8 Å². The Morgan fingerprint density at radius 2 is 1.91 bits per heavy atom. The minimum Gasteiger partial charge on any atom is -0.493 e. The van der Waals surface area contributed by atoms with Crippen LogP contribution in [0.15, 0.2) is 35.7 Å². The van der Waals surface area contributed by atoms with Crippen molar-refractivity contribution in [2.45, 2.75) is 25.8 Å². The fourth-order valence-corrected chi connectivity index (χ4v) is 2.99. The van der Waals surface area contributed by atoms with E-state index in [0.717, 1.165) is 10.4 Å². The van der Waals surface area contributed by atoms with Gasteiger partial charge in [-0.1, -0.05) is 12.1 Å². The number of nitrogens with one attached hydrogen (secondary N) is 1. The molecule has 0 fully saturated rings. The molecule has 0 unspecified atom stereocenters. The van der Waals surface area contributed by atoms with Gasteiger partial charge in [-0.15, -0.1) is 11.3 Å². The molecule has 5 heteroatoms. The summed E-state index contributed by atoms with van der Waals surface area (Å²) in [6.45, 7) is 4.32. The second kappa shape index (κ2) is 6.83. The van der Waals surface area contributed by atoms with Gasteiger partial charge in [-0.05, 0) is 43.0 Å². The molecule has 0 spiro atoms. The van der Waals surface area contributed by atoms with Gasteiger partial charge in [0.05, 0.1) is 19.6 Å². The Labute approximate surface area is 135 Å². The standard InChI is InChI=1S/C17H21NO3S/c1-17(2,15-6-5-9-22-15)16(19)18-11-12-7-8-13(20-3)14(10-12)21-4/h5-10H,11H2,1-4H3,(H,18,19). The first-order valence-electron chi connectivity index (χ1n) is 7.02. The molecular weight excluding hydrogens is 298 g/mol. The molecule has 1 aromatic carbocycles. The zero-order chi connectivity index (χ0) is 16.2. The van der Waals surface area contributed by atoms with E-state index in [4.69, 9.17) is 9.47 Å². The number of thiophene rings is 1. The maximum absolute atomic E-state index is 12.5. The highest BCUT2D eigenvalue weighted by atomic mass is 32.1. The molecule has 1 heterocycles. The number of methoxy groups -OCH3 is 2. The smallest absolute Gasteiger partial charge is 0.231 e. The summed E-state index contributed by atoms with van der Waals surface area (Å²) < 4.78 is 10.5. The number of carbonyl (C=O) groups excluding carboxylic acids is 1. The first-order valence-corrected chi connectivity index (χ1v) is 7.90. The molecule has 22 heavy (non-hydrogen) atoms. The number of rotatable bonds is 6. The van der Waals surface area contributed by atoms with Crippen LogP contribution in [0.25, 0.3) is 0 Å². The van der Waals surface area contributed by atoms with E-state index in [9.17, 15) is 4.79 Å². The highest BCUT2D eigenvalue weighted by Crippen LogP contribution is 2.29. The predicted octanol–water partition coefficient (Wildman–Crippen LogP) is 3.36. The van der Waals surface area contributed by atoms with Gasteiger partial charge in [0, 0.05) is 11.4 Å². The molecule has 1 aromatic heterocycles. The average molecular weight is 319 g/mol. The van der Waals surface area contributed by atoms with E-state index in [1.165, 1.54) is 0 Å². The summed E-state index contributed by atoms with van der Waals surface area (Å²) in [7, 11) is 3.20. The van der Waals surface area contributed by atoms with E-state index in [0.29, 0.717) is 18.0 Å². The minimum atomic E-state index is -0.537. The van der Waals surface area contributed by atoms with Gasteiger partial charge in [0.15, 0.2) is 11.5 Å². The van der Waals surface area contributed by atoms with E-state index in [2.05, 4.69) is 5.32 Å². The molecule has 2 aromatic rings. The quantitative estimate of drug-likeness (QED) is 0.888. The minimum absolute atomic E-state index is 0.00438. The largest absolute Gasteiger partial charge is 0.493 e. The lowest BCUT2D eigenvalue weighted by atomic mass is 9.90. The predicted molar refractivity (Wildman–Crippen MR) is 88.7 cm³/mol. The highest BCUT2D eigenvalue weighted by molar-refractivity contribution is 7.10. The molecule has 2 rings (SSSR count). The average Bonchev–Trinajstić information content (AvgIpc) is 3.07. The van der Waals surface area contributed by atoms with Crippen molar-refractivity contribution < 1.29 is 14.3 Å². The van der Waals surface area contributed by atoms with Gasteiger partial charge in [0.2, 0.25) is 5.91 Å². The molecule has 0 saturated carbocycles. The zero-order valence-corrected chi connectivity index (χ0v) is 14.1. The molecule has 118 valence electrons. The second-order valence-corrected chi connectivity index (χ2v) is 6.42. The van der Waals surface area contributed by atoms with Gasteiger partial charge in [0.25, 0.3) is 0 Å². The fourth-order valence-electron chi connectivity index (χ4n) is 2.14. The lowest BCUT2D eigenvalue weighted by Crippen LogP contribution is -2.39. The molecule has 1 N–H and O–H groups in total. The summed E-state index contributed by atoms with van der Waals surface area (Å²) in [5, 5.41) is 4.97. The number of benzene rings is 1. The van der Waals surface area contributed by atoms with Crippen LogP contribution in [0.5, 0.6) is 11.5 Å². The monoisotopic (exact) mass is 319 g/mol. The first-order chi connectivity index (χ1) is 10.5. The van der Waals surface area contributed by atoms with Crippen LogP contribution in [0.2, 0.25) is 0 Å². The Morgan fingerprint density at radius 3 is 2.50 bits per heavy atom. The third kappa shape index (κ3) is 3.42. The summed E-state index contributed by atoms with van der Waals surface area (Å²) in [6, 6.07) is 9.58. The highest BCUT2D eigenvalue weighted by Gasteiger charge is 2.30. The maximum Gasteiger partial charge on any atom is 0.231 e. The fraction of sp³-hybridized carbons (Fsp3) is 0.353. The van der Waals surface area contributed by atoms with Gasteiger partial charge in [-0.25, -0.2) is 0 Å². The van der Waals surface area contributed by atoms with Gasteiger partial charge < -0.3 is 14.8 Å². The third-order valence-electron chi connectivity index (χ3n) is 3.61. The van der Waals surface area contributed by atoms with Crippen molar-refractivity contribution >= 4 is 17.2 Å². The van der Waals surface area contributed by atoms with Crippen LogP contribution < -0.4 is 14.8 Å². The van der Waals surface area contributed by atoms with Crippen molar-refractivity contribution in [2.24, 2.45) is 0 Å². The van der Waals surface area contributed by atoms with Gasteiger partial charge in [-0.3, -0.25) is 4.79 Å². The van der Waals surface area contributed by atoms with Crippen LogP contribution in [0.1, 0.15) is 24.3 Å². The Kier molecular flexibility index (Phi) is 5.08. The van der Waals surface area contributed by atoms with Crippen molar-refractivity contribution in [1.29, 1.82) is 0 Å².